The Morgan fingerprint density at radius 1 is 1.27 bits per heavy atom. The van der Waals surface area contributed by atoms with Gasteiger partial charge in [0.25, 0.3) is 0 Å². The van der Waals surface area contributed by atoms with Crippen LogP contribution in [0, 0.1) is 0 Å². The zero-order valence-electron chi connectivity index (χ0n) is 15.0. The van der Waals surface area contributed by atoms with Crippen molar-refractivity contribution in [3.05, 3.63) is 66.2 Å². The third kappa shape index (κ3) is 4.02. The fourth-order valence-electron chi connectivity index (χ4n) is 3.19. The summed E-state index contributed by atoms with van der Waals surface area (Å²) in [5.74, 6) is 0.914. The van der Waals surface area contributed by atoms with E-state index in [1.165, 1.54) is 0 Å². The Bertz CT molecular complexity index is 841. The normalized spacial score (nSPS) is 15.0. The lowest BCUT2D eigenvalue weighted by molar-refractivity contribution is -0.121. The third-order valence-corrected chi connectivity index (χ3v) is 4.52. The van der Waals surface area contributed by atoms with Gasteiger partial charge in [0.05, 0.1) is 6.54 Å². The summed E-state index contributed by atoms with van der Waals surface area (Å²) in [5, 5.41) is 2.91. The first-order valence-electron chi connectivity index (χ1n) is 8.86. The molecule has 0 aromatic heterocycles. The van der Waals surface area contributed by atoms with Gasteiger partial charge in [-0.15, -0.1) is 6.58 Å². The van der Waals surface area contributed by atoms with Crippen molar-refractivity contribution in [3.8, 4) is 16.9 Å². The molecule has 0 bridgehead atoms. The van der Waals surface area contributed by atoms with Gasteiger partial charge in [0.15, 0.2) is 5.78 Å². The van der Waals surface area contributed by atoms with E-state index in [2.05, 4.69) is 18.0 Å². The first-order valence-corrected chi connectivity index (χ1v) is 8.86. The number of rotatable bonds is 7. The number of nitrogens with one attached hydrogen (secondary N) is 1. The second-order valence-electron chi connectivity index (χ2n) is 6.50. The van der Waals surface area contributed by atoms with E-state index in [-0.39, 0.29) is 17.8 Å². The van der Waals surface area contributed by atoms with Crippen LogP contribution in [0.25, 0.3) is 11.1 Å². The van der Waals surface area contributed by atoms with Crippen LogP contribution in [0.15, 0.2) is 55.1 Å². The number of allylic oxidation sites excluding steroid dienone is 1. The summed E-state index contributed by atoms with van der Waals surface area (Å²) < 4.78 is 5.93. The molecule has 134 valence electrons. The number of fused-ring (bicyclic) bond motifs is 1. The lowest BCUT2D eigenvalue weighted by Gasteiger charge is -2.11. The second kappa shape index (κ2) is 8.00. The molecule has 0 radical (unpaired) electrons. The van der Waals surface area contributed by atoms with Gasteiger partial charge in [-0.1, -0.05) is 36.4 Å². The number of ether oxygens (including phenoxy) is 1. The highest BCUT2D eigenvalue weighted by Crippen LogP contribution is 2.34. The molecule has 1 amide bonds. The minimum Gasteiger partial charge on any atom is -0.488 e. The number of hydrogen-bond donors (Lipinski definition) is 1. The van der Waals surface area contributed by atoms with Crippen LogP contribution in [-0.2, 0) is 11.2 Å². The molecule has 0 saturated carbocycles. The molecule has 0 unspecified atom stereocenters. The molecule has 2 aromatic rings. The van der Waals surface area contributed by atoms with Gasteiger partial charge in [-0.3, -0.25) is 9.59 Å². The molecule has 0 fully saturated rings. The van der Waals surface area contributed by atoms with Crippen molar-refractivity contribution in [2.75, 3.05) is 6.54 Å². The molecule has 26 heavy (non-hydrogen) atoms. The largest absolute Gasteiger partial charge is 0.488 e. The van der Waals surface area contributed by atoms with E-state index in [0.29, 0.717) is 19.4 Å². The molecule has 4 nitrogen and oxygen atoms in total. The molecule has 1 heterocycles. The van der Waals surface area contributed by atoms with Crippen LogP contribution >= 0.6 is 0 Å². The average Bonchev–Trinajstić information content (AvgIpc) is 3.06. The monoisotopic (exact) mass is 349 g/mol. The Morgan fingerprint density at radius 3 is 2.85 bits per heavy atom. The fraction of sp³-hybridized carbons (Fsp3) is 0.273. The van der Waals surface area contributed by atoms with E-state index in [1.807, 2.05) is 36.4 Å². The Labute approximate surface area is 153 Å². The van der Waals surface area contributed by atoms with Crippen LogP contribution < -0.4 is 10.1 Å². The molecule has 3 rings (SSSR count). The lowest BCUT2D eigenvalue weighted by atomic mass is 9.95. The van der Waals surface area contributed by atoms with Crippen molar-refractivity contribution in [1.82, 2.24) is 5.32 Å². The van der Waals surface area contributed by atoms with Crippen LogP contribution in [0.5, 0.6) is 5.75 Å². The van der Waals surface area contributed by atoms with Crippen LogP contribution in [0.2, 0.25) is 0 Å². The predicted octanol–water partition coefficient (Wildman–Crippen LogP) is 3.94. The molecular weight excluding hydrogens is 326 g/mol. The van der Waals surface area contributed by atoms with Gasteiger partial charge in [-0.2, -0.15) is 0 Å². The van der Waals surface area contributed by atoms with E-state index >= 15 is 0 Å². The maximum atomic E-state index is 11.9. The summed E-state index contributed by atoms with van der Waals surface area (Å²) in [6, 6.07) is 13.6. The molecule has 1 aliphatic heterocycles. The van der Waals surface area contributed by atoms with E-state index in [1.54, 1.807) is 13.0 Å². The number of amides is 1. The Kier molecular flexibility index (Phi) is 5.52. The summed E-state index contributed by atoms with van der Waals surface area (Å²) in [6.07, 6.45) is 3.55. The van der Waals surface area contributed by atoms with Crippen molar-refractivity contribution >= 4 is 11.7 Å². The highest BCUT2D eigenvalue weighted by Gasteiger charge is 2.24. The highest BCUT2D eigenvalue weighted by molar-refractivity contribution is 6.00. The molecule has 0 spiro atoms. The molecule has 1 N–H and O–H groups in total. The van der Waals surface area contributed by atoms with Gasteiger partial charge < -0.3 is 10.1 Å². The lowest BCUT2D eigenvalue weighted by Crippen LogP contribution is -2.34. The maximum absolute atomic E-state index is 11.9. The zero-order chi connectivity index (χ0) is 18.5. The van der Waals surface area contributed by atoms with Crippen molar-refractivity contribution in [1.29, 1.82) is 0 Å². The molecule has 0 saturated heterocycles. The molecular formula is C22H23NO3. The Morgan fingerprint density at radius 2 is 2.08 bits per heavy atom. The van der Waals surface area contributed by atoms with Gasteiger partial charge in [-0.25, -0.2) is 0 Å². The first-order chi connectivity index (χ1) is 12.6. The number of Topliss-reactive ketones (excluding diaryl/α,β-unsaturated/α-hetero) is 1. The summed E-state index contributed by atoms with van der Waals surface area (Å²) >= 11 is 0. The van der Waals surface area contributed by atoms with E-state index in [0.717, 1.165) is 34.4 Å². The average molecular weight is 349 g/mol. The Balaban J connectivity index is 1.70. The third-order valence-electron chi connectivity index (χ3n) is 4.52. The first kappa shape index (κ1) is 17.9. The quantitative estimate of drug-likeness (QED) is 0.608. The van der Waals surface area contributed by atoms with E-state index in [4.69, 9.17) is 4.74 Å². The minimum absolute atomic E-state index is 0.0144. The van der Waals surface area contributed by atoms with Gasteiger partial charge in [0.1, 0.15) is 11.9 Å². The summed E-state index contributed by atoms with van der Waals surface area (Å²) in [4.78, 5) is 23.6. The Hall–Kier alpha value is -2.88. The van der Waals surface area contributed by atoms with Gasteiger partial charge in [-0.05, 0) is 42.2 Å². The van der Waals surface area contributed by atoms with Gasteiger partial charge >= 0.3 is 0 Å². The minimum atomic E-state index is -0.0593. The number of ketones is 1. The molecule has 0 aliphatic carbocycles. The van der Waals surface area contributed by atoms with Crippen LogP contribution in [-0.4, -0.2) is 24.3 Å². The van der Waals surface area contributed by atoms with Crippen LogP contribution in [0.4, 0.5) is 0 Å². The summed E-state index contributed by atoms with van der Waals surface area (Å²) in [5.41, 5.74) is 3.77. The standard InChI is InChI=1S/C22H23NO3/c1-3-4-9-22(25)23-14-18-13-17-12-16(10-11-21(17)26-18)20-8-6-5-7-19(20)15(2)24/h3,5-8,10-12,18H,1,4,9,13-14H2,2H3,(H,23,25)/t18-/m0/s1. The molecule has 4 heteroatoms. The van der Waals surface area contributed by atoms with Crippen molar-refractivity contribution in [3.63, 3.8) is 0 Å². The molecule has 2 aromatic carbocycles. The molecule has 1 aliphatic rings. The number of carbonyl (C=O) groups is 2. The fourth-order valence-corrected chi connectivity index (χ4v) is 3.19. The van der Waals surface area contributed by atoms with E-state index < -0.39 is 0 Å². The smallest absolute Gasteiger partial charge is 0.220 e. The van der Waals surface area contributed by atoms with Crippen molar-refractivity contribution in [2.24, 2.45) is 0 Å². The number of benzene rings is 2. The van der Waals surface area contributed by atoms with Crippen LogP contribution in [0.3, 0.4) is 0 Å². The maximum Gasteiger partial charge on any atom is 0.220 e. The van der Waals surface area contributed by atoms with Crippen LogP contribution in [0.1, 0.15) is 35.7 Å². The number of carbonyl (C=O) groups excluding carboxylic acids is 2. The SMILES string of the molecule is C=CCCC(=O)NC[C@@H]1Cc2cc(-c3ccccc3C(C)=O)ccc2O1. The molecule has 1 atom stereocenters. The summed E-state index contributed by atoms with van der Waals surface area (Å²) in [6.45, 7) is 5.70. The van der Waals surface area contributed by atoms with Crippen molar-refractivity contribution < 1.29 is 14.3 Å². The van der Waals surface area contributed by atoms with Gasteiger partial charge in [0.2, 0.25) is 5.91 Å². The van der Waals surface area contributed by atoms with E-state index in [9.17, 15) is 9.59 Å². The summed E-state index contributed by atoms with van der Waals surface area (Å²) in [7, 11) is 0. The van der Waals surface area contributed by atoms with Gasteiger partial charge in [0, 0.05) is 18.4 Å². The predicted molar refractivity (Wildman–Crippen MR) is 102 cm³/mol. The topological polar surface area (TPSA) is 55.4 Å². The number of hydrogen-bond acceptors (Lipinski definition) is 3. The second-order valence-corrected chi connectivity index (χ2v) is 6.50. The van der Waals surface area contributed by atoms with Crippen molar-refractivity contribution in [2.45, 2.75) is 32.3 Å². The zero-order valence-corrected chi connectivity index (χ0v) is 15.0. The highest BCUT2D eigenvalue weighted by atomic mass is 16.5.